The van der Waals surface area contributed by atoms with Gasteiger partial charge in [0.1, 0.15) is 0 Å². The number of hydrogen-bond donors (Lipinski definition) is 1. The first-order valence-electron chi connectivity index (χ1n) is 4.38. The van der Waals surface area contributed by atoms with Gasteiger partial charge in [-0.3, -0.25) is 0 Å². The summed E-state index contributed by atoms with van der Waals surface area (Å²) in [7, 11) is 0. The van der Waals surface area contributed by atoms with E-state index in [2.05, 4.69) is 8.75 Å². The van der Waals surface area contributed by atoms with Crippen LogP contribution in [0, 0.1) is 5.92 Å². The largest absolute Gasteiger partial charge is 0.327 e. The van der Waals surface area contributed by atoms with Crippen LogP contribution < -0.4 is 5.73 Å². The molecule has 0 saturated heterocycles. The third-order valence-corrected chi connectivity index (χ3v) is 3.12. The standard InChI is InChI=1S/C8H13N3S/c9-8(6-2-1-3-6)4-7-5-10-12-11-7/h5-6,8H,1-4,9H2. The van der Waals surface area contributed by atoms with Crippen LogP contribution >= 0.6 is 11.7 Å². The summed E-state index contributed by atoms with van der Waals surface area (Å²) < 4.78 is 8.10. The van der Waals surface area contributed by atoms with Gasteiger partial charge in [-0.2, -0.15) is 8.75 Å². The maximum atomic E-state index is 6.01. The monoisotopic (exact) mass is 183 g/mol. The van der Waals surface area contributed by atoms with Crippen molar-refractivity contribution in [2.24, 2.45) is 11.7 Å². The second-order valence-electron chi connectivity index (χ2n) is 3.46. The van der Waals surface area contributed by atoms with Gasteiger partial charge in [0.25, 0.3) is 0 Å². The summed E-state index contributed by atoms with van der Waals surface area (Å²) in [6.07, 6.45) is 6.69. The molecule has 0 aromatic carbocycles. The van der Waals surface area contributed by atoms with Crippen LogP contribution in [-0.2, 0) is 6.42 Å². The summed E-state index contributed by atoms with van der Waals surface area (Å²) in [6.45, 7) is 0. The molecule has 3 nitrogen and oxygen atoms in total. The highest BCUT2D eigenvalue weighted by Gasteiger charge is 2.24. The van der Waals surface area contributed by atoms with Gasteiger partial charge >= 0.3 is 0 Å². The topological polar surface area (TPSA) is 51.8 Å². The van der Waals surface area contributed by atoms with Crippen molar-refractivity contribution in [3.8, 4) is 0 Å². The smallest absolute Gasteiger partial charge is 0.0758 e. The molecule has 2 rings (SSSR count). The Morgan fingerprint density at radius 1 is 1.67 bits per heavy atom. The molecule has 12 heavy (non-hydrogen) atoms. The molecule has 1 aromatic rings. The molecule has 1 aliphatic carbocycles. The first-order chi connectivity index (χ1) is 5.86. The van der Waals surface area contributed by atoms with Crippen LogP contribution in [0.15, 0.2) is 6.20 Å². The number of hydrogen-bond acceptors (Lipinski definition) is 4. The van der Waals surface area contributed by atoms with Crippen LogP contribution in [0.4, 0.5) is 0 Å². The highest BCUT2D eigenvalue weighted by Crippen LogP contribution is 2.29. The maximum Gasteiger partial charge on any atom is 0.0758 e. The Hall–Kier alpha value is -0.480. The van der Waals surface area contributed by atoms with Gasteiger partial charge < -0.3 is 5.73 Å². The Labute approximate surface area is 76.3 Å². The molecule has 0 bridgehead atoms. The molecule has 0 radical (unpaired) electrons. The Kier molecular flexibility index (Phi) is 2.37. The molecule has 0 aliphatic heterocycles. The highest BCUT2D eigenvalue weighted by molar-refractivity contribution is 6.99. The fourth-order valence-electron chi connectivity index (χ4n) is 1.55. The lowest BCUT2D eigenvalue weighted by molar-refractivity contribution is 0.260. The van der Waals surface area contributed by atoms with E-state index in [9.17, 15) is 0 Å². The SMILES string of the molecule is NC(Cc1cnsn1)C1CCC1. The van der Waals surface area contributed by atoms with E-state index < -0.39 is 0 Å². The van der Waals surface area contributed by atoms with Gasteiger partial charge in [0, 0.05) is 12.5 Å². The first-order valence-corrected chi connectivity index (χ1v) is 5.11. The molecule has 1 aromatic heterocycles. The molecule has 66 valence electrons. The second-order valence-corrected chi connectivity index (χ2v) is 4.01. The van der Waals surface area contributed by atoms with Gasteiger partial charge in [-0.05, 0) is 18.8 Å². The molecule has 0 amide bonds. The van der Waals surface area contributed by atoms with E-state index in [1.165, 1.54) is 31.0 Å². The summed E-state index contributed by atoms with van der Waals surface area (Å²) in [6, 6.07) is 0.308. The fraction of sp³-hybridized carbons (Fsp3) is 0.750. The zero-order valence-electron chi connectivity index (χ0n) is 6.94. The molecule has 4 heteroatoms. The van der Waals surface area contributed by atoms with Crippen LogP contribution in [0.2, 0.25) is 0 Å². The van der Waals surface area contributed by atoms with E-state index in [1.807, 2.05) is 6.20 Å². The molecule has 1 atom stereocenters. The molecule has 1 heterocycles. The van der Waals surface area contributed by atoms with Crippen molar-refractivity contribution < 1.29 is 0 Å². The van der Waals surface area contributed by atoms with Crippen molar-refractivity contribution in [1.82, 2.24) is 8.75 Å². The van der Waals surface area contributed by atoms with Gasteiger partial charge in [-0.25, -0.2) is 0 Å². The number of rotatable bonds is 3. The minimum absolute atomic E-state index is 0.308. The van der Waals surface area contributed by atoms with Gasteiger partial charge in [-0.15, -0.1) is 0 Å². The van der Waals surface area contributed by atoms with Crippen LogP contribution in [0.1, 0.15) is 25.0 Å². The minimum Gasteiger partial charge on any atom is -0.327 e. The maximum absolute atomic E-state index is 6.01. The Morgan fingerprint density at radius 3 is 3.00 bits per heavy atom. The van der Waals surface area contributed by atoms with E-state index >= 15 is 0 Å². The summed E-state index contributed by atoms with van der Waals surface area (Å²) in [4.78, 5) is 0. The van der Waals surface area contributed by atoms with Crippen molar-refractivity contribution in [3.63, 3.8) is 0 Å². The lowest BCUT2D eigenvalue weighted by atomic mass is 9.79. The fourth-order valence-corrected chi connectivity index (χ4v) is 1.99. The van der Waals surface area contributed by atoms with E-state index in [0.717, 1.165) is 18.0 Å². The van der Waals surface area contributed by atoms with Crippen LogP contribution in [-0.4, -0.2) is 14.8 Å². The quantitative estimate of drug-likeness (QED) is 0.766. The molecular weight excluding hydrogens is 170 g/mol. The summed E-state index contributed by atoms with van der Waals surface area (Å²) >= 11 is 1.26. The van der Waals surface area contributed by atoms with E-state index in [-0.39, 0.29) is 0 Å². The van der Waals surface area contributed by atoms with Crippen molar-refractivity contribution >= 4 is 11.7 Å². The van der Waals surface area contributed by atoms with E-state index in [1.54, 1.807) is 0 Å². The van der Waals surface area contributed by atoms with Crippen LogP contribution in [0.3, 0.4) is 0 Å². The average Bonchev–Trinajstić information content (AvgIpc) is 2.34. The van der Waals surface area contributed by atoms with Crippen LogP contribution in [0.25, 0.3) is 0 Å². The third kappa shape index (κ3) is 1.64. The summed E-state index contributed by atoms with van der Waals surface area (Å²) in [5, 5.41) is 0. The van der Waals surface area contributed by atoms with Gasteiger partial charge in [0.15, 0.2) is 0 Å². The number of nitrogens with zero attached hydrogens (tertiary/aromatic N) is 2. The second kappa shape index (κ2) is 3.49. The summed E-state index contributed by atoms with van der Waals surface area (Å²) in [5.41, 5.74) is 7.06. The zero-order chi connectivity index (χ0) is 8.39. The highest BCUT2D eigenvalue weighted by atomic mass is 32.1. The predicted octanol–water partition coefficient (Wildman–Crippen LogP) is 1.21. The average molecular weight is 183 g/mol. The Bertz CT molecular complexity index is 230. The lowest BCUT2D eigenvalue weighted by Gasteiger charge is -2.30. The first kappa shape index (κ1) is 8.13. The van der Waals surface area contributed by atoms with Crippen molar-refractivity contribution in [2.75, 3.05) is 0 Å². The van der Waals surface area contributed by atoms with Crippen molar-refractivity contribution in [2.45, 2.75) is 31.7 Å². The minimum atomic E-state index is 0.308. The van der Waals surface area contributed by atoms with Gasteiger partial charge in [-0.1, -0.05) is 6.42 Å². The zero-order valence-corrected chi connectivity index (χ0v) is 7.76. The molecule has 1 fully saturated rings. The number of nitrogens with two attached hydrogens (primary N) is 1. The molecule has 1 saturated carbocycles. The van der Waals surface area contributed by atoms with Gasteiger partial charge in [0.2, 0.25) is 0 Å². The lowest BCUT2D eigenvalue weighted by Crippen LogP contribution is -2.36. The van der Waals surface area contributed by atoms with Crippen LogP contribution in [0.5, 0.6) is 0 Å². The number of aromatic nitrogens is 2. The predicted molar refractivity (Wildman–Crippen MR) is 48.9 cm³/mol. The molecular formula is C8H13N3S. The normalized spacial score (nSPS) is 20.4. The molecule has 0 spiro atoms. The van der Waals surface area contributed by atoms with E-state index in [0.29, 0.717) is 6.04 Å². The Balaban J connectivity index is 1.86. The molecule has 2 N–H and O–H groups in total. The molecule has 1 unspecified atom stereocenters. The van der Waals surface area contributed by atoms with E-state index in [4.69, 9.17) is 5.73 Å². The summed E-state index contributed by atoms with van der Waals surface area (Å²) in [5.74, 6) is 0.742. The van der Waals surface area contributed by atoms with Gasteiger partial charge in [0.05, 0.1) is 23.6 Å². The van der Waals surface area contributed by atoms with Crippen molar-refractivity contribution in [1.29, 1.82) is 0 Å². The molecule has 1 aliphatic rings. The Morgan fingerprint density at radius 2 is 2.50 bits per heavy atom. The third-order valence-electron chi connectivity index (χ3n) is 2.61. The van der Waals surface area contributed by atoms with Crippen molar-refractivity contribution in [3.05, 3.63) is 11.9 Å².